The average molecular weight is 592 g/mol. The number of ether oxygens (including phenoxy) is 1. The van der Waals surface area contributed by atoms with E-state index in [0.717, 1.165) is 49.1 Å². The third-order valence-corrected chi connectivity index (χ3v) is 12.2. The van der Waals surface area contributed by atoms with Crippen LogP contribution in [-0.2, 0) is 29.0 Å². The molecule has 7 rings (SSSR count). The summed E-state index contributed by atoms with van der Waals surface area (Å²) >= 11 is 0. The molecule has 0 aromatic heterocycles. The van der Waals surface area contributed by atoms with Gasteiger partial charge in [0.1, 0.15) is 6.10 Å². The Balaban J connectivity index is 1.16. The van der Waals surface area contributed by atoms with Gasteiger partial charge in [-0.05, 0) is 101 Å². The van der Waals surface area contributed by atoms with Gasteiger partial charge in [0.05, 0.1) is 16.6 Å². The number of rotatable bonds is 4. The molecule has 43 heavy (non-hydrogen) atoms. The van der Waals surface area contributed by atoms with Gasteiger partial charge < -0.3 is 23.8 Å². The first-order valence-corrected chi connectivity index (χ1v) is 16.7. The molecule has 6 aliphatic rings. The highest BCUT2D eigenvalue weighted by molar-refractivity contribution is 6.62. The number of anilines is 1. The van der Waals surface area contributed by atoms with Crippen molar-refractivity contribution in [1.82, 2.24) is 9.80 Å². The number of hydrogen-bond acceptors (Lipinski definition) is 6. The quantitative estimate of drug-likeness (QED) is 0.496. The van der Waals surface area contributed by atoms with E-state index < -0.39 is 23.7 Å². The van der Waals surface area contributed by atoms with Gasteiger partial charge in [0.15, 0.2) is 0 Å². The van der Waals surface area contributed by atoms with Gasteiger partial charge in [-0.3, -0.25) is 14.5 Å². The summed E-state index contributed by atoms with van der Waals surface area (Å²) in [5.74, 6) is 0.555. The second-order valence-electron chi connectivity index (χ2n) is 16.2. The van der Waals surface area contributed by atoms with Crippen LogP contribution >= 0.6 is 0 Å². The van der Waals surface area contributed by atoms with Crippen LogP contribution in [0, 0.1) is 11.3 Å². The zero-order chi connectivity index (χ0) is 30.5. The van der Waals surface area contributed by atoms with E-state index in [1.165, 1.54) is 6.42 Å². The summed E-state index contributed by atoms with van der Waals surface area (Å²) in [7, 11) is -0.474. The van der Waals surface area contributed by atoms with E-state index in [1.54, 1.807) is 0 Å². The van der Waals surface area contributed by atoms with E-state index in [4.69, 9.17) is 14.0 Å². The number of fused-ring (bicyclic) bond motifs is 2. The number of carbonyl (C=O) groups excluding carboxylic acids is 2. The summed E-state index contributed by atoms with van der Waals surface area (Å²) < 4.78 is 18.7. The van der Waals surface area contributed by atoms with Crippen LogP contribution in [0.3, 0.4) is 0 Å². The second kappa shape index (κ2) is 10.0. The van der Waals surface area contributed by atoms with Crippen molar-refractivity contribution < 1.29 is 23.6 Å². The molecule has 0 bridgehead atoms. The maximum absolute atomic E-state index is 14.6. The standard InChI is InChI=1S/C34H50BN3O5/c1-22-10-17-41-28(22)29(39)36-15-12-34(13-16-36)26-9-8-23(35-42-32(4,5)33(6,7)43-35)18-27(26)38(30(34)40)25-19-24(20-25)37-14-11-31(2,3)21-37/h8-9,18,22,24-25,28H,10-17,19-21H2,1-7H3/t22-,24-,25+,28+/m1/s1. The highest BCUT2D eigenvalue weighted by atomic mass is 16.7. The second-order valence-corrected chi connectivity index (χ2v) is 16.2. The summed E-state index contributed by atoms with van der Waals surface area (Å²) in [6, 6.07) is 7.16. The van der Waals surface area contributed by atoms with Crippen LogP contribution in [-0.4, -0.2) is 90.9 Å². The Morgan fingerprint density at radius 2 is 1.60 bits per heavy atom. The van der Waals surface area contributed by atoms with Gasteiger partial charge in [0, 0.05) is 44.0 Å². The Bertz CT molecular complexity index is 1280. The van der Waals surface area contributed by atoms with E-state index in [9.17, 15) is 9.59 Å². The fourth-order valence-corrected chi connectivity index (χ4v) is 8.41. The van der Waals surface area contributed by atoms with E-state index in [0.29, 0.717) is 44.0 Å². The van der Waals surface area contributed by atoms with Gasteiger partial charge in [-0.15, -0.1) is 0 Å². The van der Waals surface area contributed by atoms with Gasteiger partial charge >= 0.3 is 7.12 Å². The van der Waals surface area contributed by atoms with Gasteiger partial charge in [-0.2, -0.15) is 0 Å². The molecule has 5 heterocycles. The molecule has 1 aromatic rings. The first-order chi connectivity index (χ1) is 20.2. The van der Waals surface area contributed by atoms with Gasteiger partial charge in [0.2, 0.25) is 5.91 Å². The molecule has 1 aliphatic carbocycles. The summed E-state index contributed by atoms with van der Waals surface area (Å²) in [4.78, 5) is 34.7. The number of carbonyl (C=O) groups is 2. The van der Waals surface area contributed by atoms with Crippen molar-refractivity contribution in [1.29, 1.82) is 0 Å². The van der Waals surface area contributed by atoms with Crippen molar-refractivity contribution in [3.63, 3.8) is 0 Å². The molecule has 0 N–H and O–H groups in total. The maximum atomic E-state index is 14.6. The Hall–Kier alpha value is -1.94. The van der Waals surface area contributed by atoms with Crippen molar-refractivity contribution in [2.75, 3.05) is 37.7 Å². The molecule has 0 radical (unpaired) electrons. The SMILES string of the molecule is C[C@@H]1CCO[C@@H]1C(=O)N1CCC2(CC1)C(=O)N([C@H]1C[C@@H](N3CCC(C)(C)C3)C1)c1cc(B3OC(C)(C)C(C)(C)O3)ccc12. The minimum Gasteiger partial charge on any atom is -0.399 e. The Kier molecular flexibility index (Phi) is 6.94. The Labute approximate surface area is 257 Å². The van der Waals surface area contributed by atoms with Crippen LogP contribution in [0.15, 0.2) is 18.2 Å². The first-order valence-electron chi connectivity index (χ1n) is 16.7. The fraction of sp³-hybridized carbons (Fsp3) is 0.765. The largest absolute Gasteiger partial charge is 0.494 e. The number of hydrogen-bond donors (Lipinski definition) is 0. The maximum Gasteiger partial charge on any atom is 0.494 e. The molecule has 1 spiro atoms. The van der Waals surface area contributed by atoms with Crippen molar-refractivity contribution in [2.45, 2.75) is 122 Å². The first kappa shape index (κ1) is 29.8. The van der Waals surface area contributed by atoms with Crippen LogP contribution in [0.1, 0.15) is 92.6 Å². The molecule has 0 unspecified atom stereocenters. The monoisotopic (exact) mass is 591 g/mol. The van der Waals surface area contributed by atoms with Crippen LogP contribution in [0.25, 0.3) is 0 Å². The number of likely N-dealkylation sites (tertiary alicyclic amines) is 2. The zero-order valence-corrected chi connectivity index (χ0v) is 27.3. The molecule has 1 aromatic carbocycles. The third kappa shape index (κ3) is 4.71. The van der Waals surface area contributed by atoms with Crippen LogP contribution in [0.4, 0.5) is 5.69 Å². The lowest BCUT2D eigenvalue weighted by atomic mass is 9.71. The molecule has 2 amide bonds. The molecule has 2 atom stereocenters. The average Bonchev–Trinajstić information content (AvgIpc) is 3.63. The van der Waals surface area contributed by atoms with E-state index >= 15 is 0 Å². The van der Waals surface area contributed by atoms with Crippen molar-refractivity contribution >= 4 is 30.1 Å². The van der Waals surface area contributed by atoms with E-state index in [2.05, 4.69) is 76.5 Å². The lowest BCUT2D eigenvalue weighted by Gasteiger charge is -2.46. The Morgan fingerprint density at radius 1 is 0.930 bits per heavy atom. The predicted molar refractivity (Wildman–Crippen MR) is 167 cm³/mol. The molecular weight excluding hydrogens is 541 g/mol. The summed E-state index contributed by atoms with van der Waals surface area (Å²) in [6.45, 7) is 19.2. The van der Waals surface area contributed by atoms with Crippen LogP contribution in [0.5, 0.6) is 0 Å². The van der Waals surface area contributed by atoms with Crippen LogP contribution < -0.4 is 10.4 Å². The molecule has 9 heteroatoms. The summed E-state index contributed by atoms with van der Waals surface area (Å²) in [5, 5.41) is 0. The number of benzene rings is 1. The minimum absolute atomic E-state index is 0.0915. The number of amides is 2. The highest BCUT2D eigenvalue weighted by Gasteiger charge is 2.57. The lowest BCUT2D eigenvalue weighted by Crippen LogP contribution is -2.58. The predicted octanol–water partition coefficient (Wildman–Crippen LogP) is 3.88. The fourth-order valence-electron chi connectivity index (χ4n) is 8.41. The minimum atomic E-state index is -0.594. The van der Waals surface area contributed by atoms with Crippen molar-refractivity contribution in [3.8, 4) is 0 Å². The molecule has 8 nitrogen and oxygen atoms in total. The molecule has 4 saturated heterocycles. The third-order valence-electron chi connectivity index (χ3n) is 12.2. The Morgan fingerprint density at radius 3 is 2.19 bits per heavy atom. The van der Waals surface area contributed by atoms with Gasteiger partial charge in [-0.25, -0.2) is 0 Å². The number of piperidine rings is 1. The highest BCUT2D eigenvalue weighted by Crippen LogP contribution is 2.51. The van der Waals surface area contributed by atoms with E-state index in [-0.39, 0.29) is 29.9 Å². The molecule has 5 aliphatic heterocycles. The molecular formula is C34H50BN3O5. The normalized spacial score (nSPS) is 34.2. The topological polar surface area (TPSA) is 71.6 Å². The molecule has 234 valence electrons. The van der Waals surface area contributed by atoms with E-state index in [1.807, 2.05) is 4.90 Å². The number of nitrogens with zero attached hydrogens (tertiary/aromatic N) is 3. The van der Waals surface area contributed by atoms with Gasteiger partial charge in [-0.1, -0.05) is 32.9 Å². The summed E-state index contributed by atoms with van der Waals surface area (Å²) in [5.41, 5.74) is 2.01. The molecule has 5 fully saturated rings. The summed E-state index contributed by atoms with van der Waals surface area (Å²) in [6.07, 6.45) is 5.14. The zero-order valence-electron chi connectivity index (χ0n) is 27.3. The molecule has 1 saturated carbocycles. The van der Waals surface area contributed by atoms with Gasteiger partial charge in [0.25, 0.3) is 5.91 Å². The smallest absolute Gasteiger partial charge is 0.399 e. The lowest BCUT2D eigenvalue weighted by molar-refractivity contribution is -0.145. The van der Waals surface area contributed by atoms with Crippen molar-refractivity contribution in [3.05, 3.63) is 23.8 Å². The van der Waals surface area contributed by atoms with Crippen LogP contribution in [0.2, 0.25) is 0 Å². The van der Waals surface area contributed by atoms with Crippen molar-refractivity contribution in [2.24, 2.45) is 11.3 Å².